The van der Waals surface area contributed by atoms with Gasteiger partial charge in [0.25, 0.3) is 5.91 Å². The molecule has 0 atom stereocenters. The zero-order valence-corrected chi connectivity index (χ0v) is 10.5. The van der Waals surface area contributed by atoms with Gasteiger partial charge in [-0.05, 0) is 31.4 Å². The summed E-state index contributed by atoms with van der Waals surface area (Å²) in [5.74, 6) is 0.145. The number of benzene rings is 1. The zero-order valence-electron chi connectivity index (χ0n) is 10.5. The molecule has 0 radical (unpaired) electrons. The van der Waals surface area contributed by atoms with E-state index in [2.05, 4.69) is 0 Å². The highest BCUT2D eigenvalue weighted by molar-refractivity contribution is 5.97. The van der Waals surface area contributed by atoms with Gasteiger partial charge in [0.2, 0.25) is 0 Å². The molecule has 17 heavy (non-hydrogen) atoms. The van der Waals surface area contributed by atoms with Gasteiger partial charge < -0.3 is 9.64 Å². The summed E-state index contributed by atoms with van der Waals surface area (Å²) in [6, 6.07) is 5.98. The molecule has 0 aliphatic carbocycles. The maximum atomic E-state index is 12.5. The van der Waals surface area contributed by atoms with Gasteiger partial charge in [0.15, 0.2) is 0 Å². The van der Waals surface area contributed by atoms with Gasteiger partial charge in [0.05, 0.1) is 6.61 Å². The highest BCUT2D eigenvalue weighted by Crippen LogP contribution is 2.16. The van der Waals surface area contributed by atoms with Crippen LogP contribution in [0.2, 0.25) is 0 Å². The van der Waals surface area contributed by atoms with E-state index >= 15 is 0 Å². The summed E-state index contributed by atoms with van der Waals surface area (Å²) >= 11 is 0. The molecule has 1 fully saturated rings. The second-order valence-corrected chi connectivity index (χ2v) is 4.52. The first-order valence-electron chi connectivity index (χ1n) is 6.13. The fraction of sp³-hybridized carbons (Fsp3) is 0.500. The number of carbonyl (C=O) groups is 1. The minimum Gasteiger partial charge on any atom is -0.380 e. The third kappa shape index (κ3) is 2.67. The average Bonchev–Trinajstić information content (AvgIpc) is 2.57. The lowest BCUT2D eigenvalue weighted by atomic mass is 10.0. The molecule has 0 saturated carbocycles. The molecule has 0 bridgehead atoms. The van der Waals surface area contributed by atoms with E-state index < -0.39 is 0 Å². The lowest BCUT2D eigenvalue weighted by Gasteiger charge is -2.21. The van der Waals surface area contributed by atoms with Crippen LogP contribution < -0.4 is 0 Å². The molecule has 1 aromatic rings. The number of ether oxygens (including phenoxy) is 1. The van der Waals surface area contributed by atoms with E-state index in [0.29, 0.717) is 13.2 Å². The molecule has 2 rings (SSSR count). The number of aryl methyl sites for hydroxylation is 2. The van der Waals surface area contributed by atoms with E-state index in [4.69, 9.17) is 4.74 Å². The van der Waals surface area contributed by atoms with Crippen molar-refractivity contribution in [2.75, 3.05) is 26.3 Å². The zero-order chi connectivity index (χ0) is 12.3. The van der Waals surface area contributed by atoms with Crippen molar-refractivity contribution in [1.29, 1.82) is 0 Å². The molecular weight excluding hydrogens is 214 g/mol. The van der Waals surface area contributed by atoms with Crippen LogP contribution in [0.3, 0.4) is 0 Å². The van der Waals surface area contributed by atoms with Crippen LogP contribution in [0.4, 0.5) is 0 Å². The molecule has 1 aromatic carbocycles. The van der Waals surface area contributed by atoms with Crippen molar-refractivity contribution in [3.05, 3.63) is 34.9 Å². The Morgan fingerprint density at radius 3 is 2.59 bits per heavy atom. The summed E-state index contributed by atoms with van der Waals surface area (Å²) in [5.41, 5.74) is 2.97. The van der Waals surface area contributed by atoms with Crippen molar-refractivity contribution in [3.8, 4) is 0 Å². The van der Waals surface area contributed by atoms with Gasteiger partial charge in [-0.2, -0.15) is 0 Å². The summed E-state index contributed by atoms with van der Waals surface area (Å²) in [6.45, 7) is 6.90. The number of carbonyl (C=O) groups excluding carboxylic acids is 1. The molecule has 3 heteroatoms. The van der Waals surface area contributed by atoms with Gasteiger partial charge in [0.1, 0.15) is 0 Å². The molecule has 92 valence electrons. The van der Waals surface area contributed by atoms with Crippen molar-refractivity contribution >= 4 is 5.91 Å². The molecule has 1 aliphatic rings. The second-order valence-electron chi connectivity index (χ2n) is 4.52. The fourth-order valence-corrected chi connectivity index (χ4v) is 2.26. The minimum atomic E-state index is 0.145. The van der Waals surface area contributed by atoms with Crippen molar-refractivity contribution in [1.82, 2.24) is 4.90 Å². The Morgan fingerprint density at radius 2 is 1.88 bits per heavy atom. The predicted octanol–water partition coefficient (Wildman–Crippen LogP) is 2.17. The number of rotatable bonds is 1. The van der Waals surface area contributed by atoms with Gasteiger partial charge >= 0.3 is 0 Å². The van der Waals surface area contributed by atoms with Crippen LogP contribution in [-0.2, 0) is 4.74 Å². The van der Waals surface area contributed by atoms with Gasteiger partial charge in [0, 0.05) is 25.3 Å². The van der Waals surface area contributed by atoms with Gasteiger partial charge in [-0.15, -0.1) is 0 Å². The molecule has 0 unspecified atom stereocenters. The highest BCUT2D eigenvalue weighted by Gasteiger charge is 2.20. The summed E-state index contributed by atoms with van der Waals surface area (Å²) in [4.78, 5) is 14.4. The maximum absolute atomic E-state index is 12.5. The number of hydrogen-bond acceptors (Lipinski definition) is 2. The normalized spacial score (nSPS) is 16.7. The van der Waals surface area contributed by atoms with Crippen LogP contribution in [0.25, 0.3) is 0 Å². The van der Waals surface area contributed by atoms with Crippen LogP contribution in [0, 0.1) is 13.8 Å². The van der Waals surface area contributed by atoms with E-state index in [1.165, 1.54) is 0 Å². The molecule has 1 saturated heterocycles. The molecular formula is C14H19NO2. The van der Waals surface area contributed by atoms with Crippen molar-refractivity contribution in [2.24, 2.45) is 0 Å². The summed E-state index contributed by atoms with van der Waals surface area (Å²) < 4.78 is 5.38. The Morgan fingerprint density at radius 1 is 1.18 bits per heavy atom. The Bertz CT molecular complexity index is 386. The summed E-state index contributed by atoms with van der Waals surface area (Å²) in [6.07, 6.45) is 0.927. The van der Waals surface area contributed by atoms with Crippen LogP contribution >= 0.6 is 0 Å². The van der Waals surface area contributed by atoms with Gasteiger partial charge in [-0.1, -0.05) is 18.2 Å². The van der Waals surface area contributed by atoms with Gasteiger partial charge in [-0.3, -0.25) is 4.79 Å². The van der Waals surface area contributed by atoms with E-state index in [0.717, 1.165) is 36.3 Å². The number of nitrogens with zero attached hydrogens (tertiary/aromatic N) is 1. The molecule has 0 aromatic heterocycles. The van der Waals surface area contributed by atoms with Crippen LogP contribution in [-0.4, -0.2) is 37.1 Å². The molecule has 1 heterocycles. The predicted molar refractivity (Wildman–Crippen MR) is 67.3 cm³/mol. The third-order valence-corrected chi connectivity index (χ3v) is 3.20. The van der Waals surface area contributed by atoms with Crippen molar-refractivity contribution in [3.63, 3.8) is 0 Å². The minimum absolute atomic E-state index is 0.145. The van der Waals surface area contributed by atoms with E-state index in [-0.39, 0.29) is 5.91 Å². The third-order valence-electron chi connectivity index (χ3n) is 3.20. The largest absolute Gasteiger partial charge is 0.380 e. The number of amides is 1. The first-order chi connectivity index (χ1) is 8.20. The van der Waals surface area contributed by atoms with Crippen LogP contribution in [0.5, 0.6) is 0 Å². The smallest absolute Gasteiger partial charge is 0.254 e. The first kappa shape index (κ1) is 12.1. The second kappa shape index (κ2) is 5.32. The van der Waals surface area contributed by atoms with E-state index in [9.17, 15) is 4.79 Å². The molecule has 3 nitrogen and oxygen atoms in total. The molecule has 1 aliphatic heterocycles. The Hall–Kier alpha value is -1.35. The highest BCUT2D eigenvalue weighted by atomic mass is 16.5. The maximum Gasteiger partial charge on any atom is 0.254 e. The quantitative estimate of drug-likeness (QED) is 0.744. The summed E-state index contributed by atoms with van der Waals surface area (Å²) in [7, 11) is 0. The van der Waals surface area contributed by atoms with Crippen LogP contribution in [0.1, 0.15) is 27.9 Å². The van der Waals surface area contributed by atoms with Crippen molar-refractivity contribution < 1.29 is 9.53 Å². The Labute approximate surface area is 102 Å². The first-order valence-corrected chi connectivity index (χ1v) is 6.13. The fourth-order valence-electron chi connectivity index (χ4n) is 2.26. The topological polar surface area (TPSA) is 29.5 Å². The molecule has 0 spiro atoms. The lowest BCUT2D eigenvalue weighted by molar-refractivity contribution is 0.0740. The lowest BCUT2D eigenvalue weighted by Crippen LogP contribution is -2.34. The Balaban J connectivity index is 2.23. The van der Waals surface area contributed by atoms with E-state index in [1.807, 2.05) is 36.9 Å². The SMILES string of the molecule is Cc1cccc(C)c1C(=O)N1CCCOCC1. The number of hydrogen-bond donors (Lipinski definition) is 0. The standard InChI is InChI=1S/C14H19NO2/c1-11-5-3-6-12(2)13(11)14(16)15-7-4-9-17-10-8-15/h3,5-6H,4,7-10H2,1-2H3. The van der Waals surface area contributed by atoms with Crippen molar-refractivity contribution in [2.45, 2.75) is 20.3 Å². The average molecular weight is 233 g/mol. The summed E-state index contributed by atoms with van der Waals surface area (Å²) in [5, 5.41) is 0. The Kier molecular flexibility index (Phi) is 3.79. The van der Waals surface area contributed by atoms with Crippen LogP contribution in [0.15, 0.2) is 18.2 Å². The molecule has 1 amide bonds. The molecule has 0 N–H and O–H groups in total. The monoisotopic (exact) mass is 233 g/mol. The van der Waals surface area contributed by atoms with E-state index in [1.54, 1.807) is 0 Å². The van der Waals surface area contributed by atoms with Gasteiger partial charge in [-0.25, -0.2) is 0 Å².